The van der Waals surface area contributed by atoms with Gasteiger partial charge in [0, 0.05) is 17.5 Å². The molecule has 0 fully saturated rings. The number of nitrogens with one attached hydrogen (secondary N) is 1. The summed E-state index contributed by atoms with van der Waals surface area (Å²) < 4.78 is 0. The molecular weight excluding hydrogens is 214 g/mol. The van der Waals surface area contributed by atoms with E-state index < -0.39 is 5.97 Å². The molecule has 2 rings (SSSR count). The van der Waals surface area contributed by atoms with E-state index in [1.54, 1.807) is 6.20 Å². The summed E-state index contributed by atoms with van der Waals surface area (Å²) in [5, 5.41) is 11.2. The number of rotatable bonds is 3. The number of nitrogens with zero attached hydrogens (tertiary/aromatic N) is 2. The van der Waals surface area contributed by atoms with Crippen LogP contribution in [-0.2, 0) is 17.0 Å². The van der Waals surface area contributed by atoms with Crippen LogP contribution < -0.4 is 5.32 Å². The Kier molecular flexibility index (Phi) is 3.05. The standard InChI is InChI=1S/C9H11N3O2S/c13-8(14)4-11-9-10-3-6-5-15-2-1-7(6)12-9/h3H,1-2,4-5H2,(H,13,14)(H,10,11,12). The second kappa shape index (κ2) is 4.48. The van der Waals surface area contributed by atoms with Crippen molar-refractivity contribution in [3.63, 3.8) is 0 Å². The maximum absolute atomic E-state index is 10.3. The third-order valence-electron chi connectivity index (χ3n) is 2.09. The topological polar surface area (TPSA) is 75.1 Å². The van der Waals surface area contributed by atoms with E-state index in [-0.39, 0.29) is 6.54 Å². The second-order valence-corrected chi connectivity index (χ2v) is 4.32. The SMILES string of the molecule is O=C(O)CNc1ncc2c(n1)CCSC2. The van der Waals surface area contributed by atoms with Crippen molar-refractivity contribution in [2.45, 2.75) is 12.2 Å². The van der Waals surface area contributed by atoms with Crippen LogP contribution >= 0.6 is 11.8 Å². The first-order valence-corrected chi connectivity index (χ1v) is 5.79. The maximum atomic E-state index is 10.3. The predicted octanol–water partition coefficient (Wildman–Crippen LogP) is 0.762. The lowest BCUT2D eigenvalue weighted by atomic mass is 10.2. The van der Waals surface area contributed by atoms with E-state index in [9.17, 15) is 4.79 Å². The number of fused-ring (bicyclic) bond motifs is 1. The molecule has 0 radical (unpaired) electrons. The Morgan fingerprint density at radius 1 is 1.67 bits per heavy atom. The quantitative estimate of drug-likeness (QED) is 0.791. The summed E-state index contributed by atoms with van der Waals surface area (Å²) in [5.74, 6) is 1.52. The molecule has 0 atom stereocenters. The van der Waals surface area contributed by atoms with Gasteiger partial charge in [0.1, 0.15) is 6.54 Å². The van der Waals surface area contributed by atoms with Gasteiger partial charge in [0.25, 0.3) is 0 Å². The zero-order valence-electron chi connectivity index (χ0n) is 8.06. The second-order valence-electron chi connectivity index (χ2n) is 3.22. The van der Waals surface area contributed by atoms with Gasteiger partial charge < -0.3 is 10.4 Å². The van der Waals surface area contributed by atoms with Crippen molar-refractivity contribution in [2.24, 2.45) is 0 Å². The fourth-order valence-electron chi connectivity index (χ4n) is 1.37. The number of carboxylic acids is 1. The van der Waals surface area contributed by atoms with E-state index in [2.05, 4.69) is 15.3 Å². The van der Waals surface area contributed by atoms with Gasteiger partial charge in [-0.05, 0) is 12.2 Å². The van der Waals surface area contributed by atoms with Crippen molar-refractivity contribution in [2.75, 3.05) is 17.6 Å². The number of carbonyl (C=O) groups is 1. The number of anilines is 1. The van der Waals surface area contributed by atoms with Crippen LogP contribution in [0.15, 0.2) is 6.20 Å². The minimum Gasteiger partial charge on any atom is -0.480 e. The molecule has 0 amide bonds. The Morgan fingerprint density at radius 2 is 2.53 bits per heavy atom. The average molecular weight is 225 g/mol. The molecule has 15 heavy (non-hydrogen) atoms. The first-order chi connectivity index (χ1) is 7.25. The van der Waals surface area contributed by atoms with E-state index in [1.807, 2.05) is 11.8 Å². The van der Waals surface area contributed by atoms with Crippen molar-refractivity contribution < 1.29 is 9.90 Å². The summed E-state index contributed by atoms with van der Waals surface area (Å²) in [6, 6.07) is 0. The Balaban J connectivity index is 2.10. The summed E-state index contributed by atoms with van der Waals surface area (Å²) >= 11 is 1.87. The van der Waals surface area contributed by atoms with E-state index in [1.165, 1.54) is 0 Å². The Hall–Kier alpha value is -1.30. The monoisotopic (exact) mass is 225 g/mol. The van der Waals surface area contributed by atoms with Crippen molar-refractivity contribution in [1.82, 2.24) is 9.97 Å². The molecule has 2 N–H and O–H groups in total. The molecule has 80 valence electrons. The lowest BCUT2D eigenvalue weighted by Crippen LogP contribution is -2.16. The highest BCUT2D eigenvalue weighted by atomic mass is 32.2. The molecule has 1 aromatic rings. The van der Waals surface area contributed by atoms with Crippen LogP contribution in [0.2, 0.25) is 0 Å². The smallest absolute Gasteiger partial charge is 0.322 e. The van der Waals surface area contributed by atoms with Gasteiger partial charge in [-0.1, -0.05) is 0 Å². The van der Waals surface area contributed by atoms with E-state index in [0.717, 1.165) is 29.2 Å². The molecular formula is C9H11N3O2S. The molecule has 1 aromatic heterocycles. The van der Waals surface area contributed by atoms with Crippen molar-refractivity contribution in [3.05, 3.63) is 17.5 Å². The van der Waals surface area contributed by atoms with Crippen LogP contribution in [0.5, 0.6) is 0 Å². The number of aromatic nitrogens is 2. The number of aryl methyl sites for hydroxylation is 1. The van der Waals surface area contributed by atoms with Crippen LogP contribution in [0, 0.1) is 0 Å². The van der Waals surface area contributed by atoms with Crippen LogP contribution in [-0.4, -0.2) is 33.3 Å². The molecule has 5 nitrogen and oxygen atoms in total. The maximum Gasteiger partial charge on any atom is 0.322 e. The van der Waals surface area contributed by atoms with Gasteiger partial charge in [0.2, 0.25) is 5.95 Å². The summed E-state index contributed by atoms with van der Waals surface area (Å²) in [6.07, 6.45) is 2.71. The largest absolute Gasteiger partial charge is 0.480 e. The molecule has 0 saturated carbocycles. The first-order valence-electron chi connectivity index (χ1n) is 4.64. The van der Waals surface area contributed by atoms with Crippen molar-refractivity contribution in [3.8, 4) is 0 Å². The third kappa shape index (κ3) is 2.59. The van der Waals surface area contributed by atoms with Crippen LogP contribution in [0.3, 0.4) is 0 Å². The molecule has 1 aliphatic heterocycles. The number of aliphatic carboxylic acids is 1. The fraction of sp³-hybridized carbons (Fsp3) is 0.444. The van der Waals surface area contributed by atoms with Gasteiger partial charge in [0.15, 0.2) is 0 Å². The average Bonchev–Trinajstić information content (AvgIpc) is 2.26. The first kappa shape index (κ1) is 10.2. The molecule has 6 heteroatoms. The normalized spacial score (nSPS) is 14.4. The van der Waals surface area contributed by atoms with Crippen LogP contribution in [0.4, 0.5) is 5.95 Å². The van der Waals surface area contributed by atoms with E-state index in [4.69, 9.17) is 5.11 Å². The van der Waals surface area contributed by atoms with Crippen molar-refractivity contribution in [1.29, 1.82) is 0 Å². The summed E-state index contributed by atoms with van der Waals surface area (Å²) in [4.78, 5) is 18.7. The predicted molar refractivity (Wildman–Crippen MR) is 58.0 cm³/mol. The third-order valence-corrected chi connectivity index (χ3v) is 3.10. The molecule has 0 bridgehead atoms. The van der Waals surface area contributed by atoms with Crippen LogP contribution in [0.1, 0.15) is 11.3 Å². The lowest BCUT2D eigenvalue weighted by Gasteiger charge is -2.14. The highest BCUT2D eigenvalue weighted by Gasteiger charge is 2.12. The van der Waals surface area contributed by atoms with Gasteiger partial charge in [-0.3, -0.25) is 4.79 Å². The van der Waals surface area contributed by atoms with Gasteiger partial charge in [-0.25, -0.2) is 9.97 Å². The molecule has 1 aliphatic rings. The van der Waals surface area contributed by atoms with Gasteiger partial charge in [-0.15, -0.1) is 0 Å². The number of thioether (sulfide) groups is 1. The molecule has 2 heterocycles. The molecule has 0 saturated heterocycles. The van der Waals surface area contributed by atoms with Crippen molar-refractivity contribution >= 4 is 23.7 Å². The molecule has 0 aromatic carbocycles. The Morgan fingerprint density at radius 3 is 3.33 bits per heavy atom. The van der Waals surface area contributed by atoms with E-state index >= 15 is 0 Å². The van der Waals surface area contributed by atoms with Gasteiger partial charge >= 0.3 is 5.97 Å². The Bertz CT molecular complexity index is 384. The molecule has 0 unspecified atom stereocenters. The summed E-state index contributed by atoms with van der Waals surface area (Å²) in [7, 11) is 0. The minimum atomic E-state index is -0.910. The van der Waals surface area contributed by atoms with E-state index in [0.29, 0.717) is 5.95 Å². The highest BCUT2D eigenvalue weighted by Crippen LogP contribution is 2.22. The molecule has 0 aliphatic carbocycles. The zero-order valence-corrected chi connectivity index (χ0v) is 8.88. The van der Waals surface area contributed by atoms with Gasteiger partial charge in [0.05, 0.1) is 5.69 Å². The number of hydrogen-bond donors (Lipinski definition) is 2. The Labute approximate surface area is 91.3 Å². The fourth-order valence-corrected chi connectivity index (χ4v) is 2.31. The molecule has 0 spiro atoms. The minimum absolute atomic E-state index is 0.145. The van der Waals surface area contributed by atoms with Crippen LogP contribution in [0.25, 0.3) is 0 Å². The highest BCUT2D eigenvalue weighted by molar-refractivity contribution is 7.98. The summed E-state index contributed by atoms with van der Waals surface area (Å²) in [6.45, 7) is -0.145. The number of hydrogen-bond acceptors (Lipinski definition) is 5. The van der Waals surface area contributed by atoms with Gasteiger partial charge in [-0.2, -0.15) is 11.8 Å². The summed E-state index contributed by atoms with van der Waals surface area (Å²) in [5.41, 5.74) is 2.20. The number of carboxylic acid groups (broad SMARTS) is 1. The lowest BCUT2D eigenvalue weighted by molar-refractivity contribution is -0.134. The zero-order chi connectivity index (χ0) is 10.7.